The van der Waals surface area contributed by atoms with Crippen LogP contribution in [0.4, 0.5) is 0 Å². The fraction of sp³-hybridized carbons (Fsp3) is 0.290. The quantitative estimate of drug-likeness (QED) is 0.332. The molecule has 5 heteroatoms. The second kappa shape index (κ2) is 9.07. The minimum Gasteiger partial charge on any atom is -0.481 e. The molecule has 6 rings (SSSR count). The first-order valence-corrected chi connectivity index (χ1v) is 12.7. The van der Waals surface area contributed by atoms with Crippen LogP contribution in [0.2, 0.25) is 0 Å². The average Bonchev–Trinajstić information content (AvgIpc) is 3.48. The summed E-state index contributed by atoms with van der Waals surface area (Å²) in [5.41, 5.74) is 6.93. The number of aryl methyl sites for hydroxylation is 1. The molecule has 2 aliphatic rings. The number of nitrogens with zero attached hydrogens (tertiary/aromatic N) is 2. The van der Waals surface area contributed by atoms with Crippen molar-refractivity contribution in [1.82, 2.24) is 10.1 Å². The van der Waals surface area contributed by atoms with Crippen molar-refractivity contribution in [3.63, 3.8) is 0 Å². The number of carboxylic acids is 1. The molecule has 2 fully saturated rings. The van der Waals surface area contributed by atoms with Crippen molar-refractivity contribution in [3.8, 4) is 22.5 Å². The zero-order valence-corrected chi connectivity index (χ0v) is 20.5. The summed E-state index contributed by atoms with van der Waals surface area (Å²) in [6.45, 7) is 4.98. The molecule has 1 saturated carbocycles. The van der Waals surface area contributed by atoms with Gasteiger partial charge in [-0.3, -0.25) is 9.69 Å². The fourth-order valence-electron chi connectivity index (χ4n) is 5.55. The maximum absolute atomic E-state index is 11.6. The first-order chi connectivity index (χ1) is 17.5. The lowest BCUT2D eigenvalue weighted by Gasteiger charge is -2.16. The van der Waals surface area contributed by atoms with Crippen LogP contribution in [0.3, 0.4) is 0 Å². The molecular formula is C31H30N2O3. The molecule has 0 amide bonds. The maximum Gasteiger partial charge on any atom is 0.314 e. The van der Waals surface area contributed by atoms with E-state index in [1.54, 1.807) is 0 Å². The molecule has 0 radical (unpaired) electrons. The Balaban J connectivity index is 1.17. The molecule has 0 bridgehead atoms. The molecule has 1 atom stereocenters. The molecule has 4 aromatic rings. The number of aliphatic carboxylic acids is 1. The van der Waals surface area contributed by atoms with Gasteiger partial charge in [-0.2, -0.15) is 0 Å². The third kappa shape index (κ3) is 4.14. The van der Waals surface area contributed by atoms with Gasteiger partial charge in [0.25, 0.3) is 0 Å². The van der Waals surface area contributed by atoms with Crippen LogP contribution in [0.15, 0.2) is 83.4 Å². The van der Waals surface area contributed by atoms with Gasteiger partial charge in [0, 0.05) is 24.2 Å². The lowest BCUT2D eigenvalue weighted by Crippen LogP contribution is -2.20. The van der Waals surface area contributed by atoms with Gasteiger partial charge in [-0.25, -0.2) is 0 Å². The van der Waals surface area contributed by atoms with Gasteiger partial charge in [-0.1, -0.05) is 84.0 Å². The van der Waals surface area contributed by atoms with Crippen molar-refractivity contribution >= 4 is 5.97 Å². The van der Waals surface area contributed by atoms with Crippen LogP contribution >= 0.6 is 0 Å². The molecule has 3 aromatic carbocycles. The molecular weight excluding hydrogens is 448 g/mol. The van der Waals surface area contributed by atoms with Crippen molar-refractivity contribution in [1.29, 1.82) is 0 Å². The van der Waals surface area contributed by atoms with Crippen LogP contribution in [0.25, 0.3) is 22.5 Å². The van der Waals surface area contributed by atoms with E-state index >= 15 is 0 Å². The van der Waals surface area contributed by atoms with E-state index < -0.39 is 11.4 Å². The van der Waals surface area contributed by atoms with Crippen molar-refractivity contribution in [2.24, 2.45) is 0 Å². The molecule has 182 valence electrons. The van der Waals surface area contributed by atoms with Crippen LogP contribution < -0.4 is 0 Å². The first kappa shape index (κ1) is 22.7. The van der Waals surface area contributed by atoms with Crippen molar-refractivity contribution in [3.05, 3.63) is 101 Å². The Morgan fingerprint density at radius 3 is 2.25 bits per heavy atom. The highest BCUT2D eigenvalue weighted by atomic mass is 16.5. The molecule has 5 nitrogen and oxygen atoms in total. The summed E-state index contributed by atoms with van der Waals surface area (Å²) >= 11 is 0. The lowest BCUT2D eigenvalue weighted by molar-refractivity contribution is -0.140. The van der Waals surface area contributed by atoms with Gasteiger partial charge in [0.2, 0.25) is 0 Å². The maximum atomic E-state index is 11.6. The zero-order valence-electron chi connectivity index (χ0n) is 20.5. The lowest BCUT2D eigenvalue weighted by atomic mass is 9.93. The van der Waals surface area contributed by atoms with Gasteiger partial charge in [-0.05, 0) is 60.9 Å². The summed E-state index contributed by atoms with van der Waals surface area (Å²) in [7, 11) is 0. The highest BCUT2D eigenvalue weighted by Gasteiger charge is 2.51. The van der Waals surface area contributed by atoms with Crippen LogP contribution in [0.1, 0.15) is 47.6 Å². The number of benzene rings is 3. The van der Waals surface area contributed by atoms with Crippen LogP contribution in [0, 0.1) is 6.92 Å². The van der Waals surface area contributed by atoms with E-state index in [4.69, 9.17) is 4.52 Å². The van der Waals surface area contributed by atoms with Crippen molar-refractivity contribution in [2.45, 2.75) is 44.1 Å². The number of hydrogen-bond donors (Lipinski definition) is 1. The SMILES string of the molecule is Cc1noc(-c2ccc(-c3ccc(C4(C(=O)O)CC4)cc3)cc2)c1CN1CCC(c2ccccc2)C1. The highest BCUT2D eigenvalue weighted by Crippen LogP contribution is 2.48. The van der Waals surface area contributed by atoms with Gasteiger partial charge >= 0.3 is 5.97 Å². The standard InChI is InChI=1S/C31H30N2O3/c1-21-28(20-33-18-15-26(19-33)22-5-3-2-4-6-22)29(36-32-21)25-9-7-23(8-10-25)24-11-13-27(14-12-24)31(16-17-31)30(34)35/h2-14,26H,15-20H2,1H3,(H,34,35). The number of rotatable bonds is 7. The van der Waals surface area contributed by atoms with E-state index in [-0.39, 0.29) is 0 Å². The summed E-state index contributed by atoms with van der Waals surface area (Å²) < 4.78 is 5.80. The third-order valence-electron chi connectivity index (χ3n) is 7.99. The van der Waals surface area contributed by atoms with Crippen LogP contribution in [0.5, 0.6) is 0 Å². The van der Waals surface area contributed by atoms with Crippen LogP contribution in [-0.2, 0) is 16.8 Å². The molecule has 1 aromatic heterocycles. The number of carboxylic acid groups (broad SMARTS) is 1. The van der Waals surface area contributed by atoms with Crippen LogP contribution in [-0.4, -0.2) is 34.2 Å². The molecule has 1 saturated heterocycles. The largest absolute Gasteiger partial charge is 0.481 e. The minimum absolute atomic E-state index is 0.575. The van der Waals surface area contributed by atoms with Crippen molar-refractivity contribution < 1.29 is 14.4 Å². The average molecular weight is 479 g/mol. The van der Waals surface area contributed by atoms with Gasteiger partial charge in [-0.15, -0.1) is 0 Å². The number of carbonyl (C=O) groups is 1. The van der Waals surface area contributed by atoms with E-state index in [1.807, 2.05) is 31.2 Å². The first-order valence-electron chi connectivity index (χ1n) is 12.7. The van der Waals surface area contributed by atoms with E-state index in [2.05, 4.69) is 64.7 Å². The Bertz CT molecular complexity index is 1370. The Kier molecular flexibility index (Phi) is 5.73. The van der Waals surface area contributed by atoms with E-state index in [1.165, 1.54) is 12.0 Å². The predicted molar refractivity (Wildman–Crippen MR) is 140 cm³/mol. The number of aromatic nitrogens is 1. The summed E-state index contributed by atoms with van der Waals surface area (Å²) in [5, 5.41) is 13.8. The third-order valence-corrected chi connectivity index (χ3v) is 7.99. The molecule has 1 N–H and O–H groups in total. The van der Waals surface area contributed by atoms with Gasteiger partial charge in [0.1, 0.15) is 0 Å². The monoisotopic (exact) mass is 478 g/mol. The van der Waals surface area contributed by atoms with Gasteiger partial charge in [0.15, 0.2) is 5.76 Å². The Labute approximate surface area is 211 Å². The Morgan fingerprint density at radius 1 is 0.972 bits per heavy atom. The second-order valence-corrected chi connectivity index (χ2v) is 10.2. The second-order valence-electron chi connectivity index (χ2n) is 10.2. The zero-order chi connectivity index (χ0) is 24.7. The molecule has 1 aliphatic heterocycles. The topological polar surface area (TPSA) is 66.6 Å². The predicted octanol–water partition coefficient (Wildman–Crippen LogP) is 6.42. The van der Waals surface area contributed by atoms with Gasteiger partial charge < -0.3 is 9.63 Å². The Morgan fingerprint density at radius 2 is 1.61 bits per heavy atom. The Hall–Kier alpha value is -3.70. The summed E-state index contributed by atoms with van der Waals surface area (Å²) in [6, 6.07) is 27.1. The summed E-state index contributed by atoms with van der Waals surface area (Å²) in [6.07, 6.45) is 2.62. The smallest absolute Gasteiger partial charge is 0.314 e. The molecule has 36 heavy (non-hydrogen) atoms. The highest BCUT2D eigenvalue weighted by molar-refractivity contribution is 5.85. The van der Waals surface area contributed by atoms with E-state index in [9.17, 15) is 9.90 Å². The molecule has 1 unspecified atom stereocenters. The fourth-order valence-corrected chi connectivity index (χ4v) is 5.55. The normalized spacial score (nSPS) is 18.9. The van der Waals surface area contributed by atoms with E-state index in [0.29, 0.717) is 5.92 Å². The minimum atomic E-state index is -0.720. The van der Waals surface area contributed by atoms with Crippen molar-refractivity contribution in [2.75, 3.05) is 13.1 Å². The number of likely N-dealkylation sites (tertiary alicyclic amines) is 1. The van der Waals surface area contributed by atoms with Gasteiger partial charge in [0.05, 0.1) is 11.1 Å². The van der Waals surface area contributed by atoms with E-state index in [0.717, 1.165) is 71.7 Å². The molecule has 0 spiro atoms. The molecule has 1 aliphatic carbocycles. The summed E-state index contributed by atoms with van der Waals surface area (Å²) in [5.74, 6) is 0.697. The summed E-state index contributed by atoms with van der Waals surface area (Å²) in [4.78, 5) is 14.1. The molecule has 2 heterocycles. The number of hydrogen-bond acceptors (Lipinski definition) is 4.